The van der Waals surface area contributed by atoms with Crippen LogP contribution in [0.4, 0.5) is 0 Å². The molecule has 0 aromatic heterocycles. The van der Waals surface area contributed by atoms with Gasteiger partial charge in [-0.05, 0) is 5.56 Å². The van der Waals surface area contributed by atoms with Gasteiger partial charge in [0.2, 0.25) is 0 Å². The van der Waals surface area contributed by atoms with Crippen LogP contribution in [0.15, 0.2) is 30.3 Å². The second-order valence-corrected chi connectivity index (χ2v) is 3.64. The number of rotatable bonds is 5. The maximum Gasteiger partial charge on any atom is 0.345 e. The van der Waals surface area contributed by atoms with Crippen molar-refractivity contribution in [1.82, 2.24) is 0 Å². The molecule has 0 saturated carbocycles. The normalized spacial score (nSPS) is 13.7. The van der Waals surface area contributed by atoms with Crippen molar-refractivity contribution < 1.29 is 29.6 Å². The SMILES string of the molecule is O=C(OC(=O)C(O)Cc1ccccc1)C(O)CO. The molecule has 0 heterocycles. The van der Waals surface area contributed by atoms with Crippen LogP contribution in [-0.2, 0) is 20.7 Å². The summed E-state index contributed by atoms with van der Waals surface area (Å²) in [6.45, 7) is -0.846. The Labute approximate surface area is 103 Å². The van der Waals surface area contributed by atoms with Gasteiger partial charge in [-0.3, -0.25) is 0 Å². The van der Waals surface area contributed by atoms with Gasteiger partial charge in [0.15, 0.2) is 12.2 Å². The topological polar surface area (TPSA) is 104 Å². The highest BCUT2D eigenvalue weighted by atomic mass is 16.6. The van der Waals surface area contributed by atoms with Crippen LogP contribution in [0.2, 0.25) is 0 Å². The van der Waals surface area contributed by atoms with Crippen molar-refractivity contribution in [3.63, 3.8) is 0 Å². The second-order valence-electron chi connectivity index (χ2n) is 3.64. The predicted octanol–water partition coefficient (Wildman–Crippen LogP) is -0.987. The largest absolute Gasteiger partial charge is 0.393 e. The van der Waals surface area contributed by atoms with Crippen LogP contribution < -0.4 is 0 Å². The molecule has 98 valence electrons. The van der Waals surface area contributed by atoms with Gasteiger partial charge in [0.1, 0.15) is 0 Å². The number of carbonyl (C=O) groups is 2. The fraction of sp³-hybridized carbons (Fsp3) is 0.333. The van der Waals surface area contributed by atoms with E-state index in [9.17, 15) is 14.7 Å². The summed E-state index contributed by atoms with van der Waals surface area (Å²) in [5, 5.41) is 26.9. The molecule has 1 aromatic rings. The number of aliphatic hydroxyl groups excluding tert-OH is 3. The van der Waals surface area contributed by atoms with Crippen molar-refractivity contribution in [2.45, 2.75) is 18.6 Å². The minimum Gasteiger partial charge on any atom is -0.393 e. The summed E-state index contributed by atoms with van der Waals surface area (Å²) in [4.78, 5) is 22.3. The molecule has 3 N–H and O–H groups in total. The standard InChI is InChI=1S/C12H14O6/c13-7-10(15)12(17)18-11(16)9(14)6-8-4-2-1-3-5-8/h1-5,9-10,13-15H,6-7H2. The molecule has 0 aliphatic heterocycles. The molecule has 6 heteroatoms. The number of esters is 2. The van der Waals surface area contributed by atoms with Crippen molar-refractivity contribution in [1.29, 1.82) is 0 Å². The number of aliphatic hydroxyl groups is 3. The Kier molecular flexibility index (Phi) is 5.44. The van der Waals surface area contributed by atoms with Crippen molar-refractivity contribution in [3.8, 4) is 0 Å². The maximum atomic E-state index is 11.3. The van der Waals surface area contributed by atoms with Gasteiger partial charge in [0.05, 0.1) is 6.61 Å². The molecule has 2 atom stereocenters. The van der Waals surface area contributed by atoms with Gasteiger partial charge in [-0.25, -0.2) is 9.59 Å². The molecule has 0 saturated heterocycles. The van der Waals surface area contributed by atoms with Crippen LogP contribution in [-0.4, -0.2) is 46.1 Å². The molecule has 0 spiro atoms. The predicted molar refractivity (Wildman–Crippen MR) is 60.3 cm³/mol. The third-order valence-corrected chi connectivity index (χ3v) is 2.19. The van der Waals surface area contributed by atoms with E-state index in [4.69, 9.17) is 10.2 Å². The Morgan fingerprint density at radius 3 is 2.17 bits per heavy atom. The molecule has 0 aliphatic carbocycles. The molecular weight excluding hydrogens is 240 g/mol. The third kappa shape index (κ3) is 4.25. The second kappa shape index (κ2) is 6.85. The summed E-state index contributed by atoms with van der Waals surface area (Å²) < 4.78 is 4.20. The van der Waals surface area contributed by atoms with Gasteiger partial charge in [-0.2, -0.15) is 0 Å². The summed E-state index contributed by atoms with van der Waals surface area (Å²) in [6, 6.07) is 8.69. The summed E-state index contributed by atoms with van der Waals surface area (Å²) in [7, 11) is 0. The van der Waals surface area contributed by atoms with Gasteiger partial charge in [-0.15, -0.1) is 0 Å². The lowest BCUT2D eigenvalue weighted by molar-refractivity contribution is -0.172. The molecule has 0 bridgehead atoms. The van der Waals surface area contributed by atoms with Gasteiger partial charge in [0, 0.05) is 6.42 Å². The lowest BCUT2D eigenvalue weighted by Crippen LogP contribution is -2.34. The van der Waals surface area contributed by atoms with E-state index in [1.165, 1.54) is 0 Å². The average Bonchev–Trinajstić information content (AvgIpc) is 2.38. The first-order chi connectivity index (χ1) is 8.54. The fourth-order valence-corrected chi connectivity index (χ4v) is 1.23. The van der Waals surface area contributed by atoms with E-state index in [0.29, 0.717) is 5.56 Å². The summed E-state index contributed by atoms with van der Waals surface area (Å²) in [6.07, 6.45) is -3.28. The molecule has 1 aromatic carbocycles. The van der Waals surface area contributed by atoms with Crippen molar-refractivity contribution >= 4 is 11.9 Å². The van der Waals surface area contributed by atoms with Crippen LogP contribution in [0.5, 0.6) is 0 Å². The first kappa shape index (κ1) is 14.3. The number of carbonyl (C=O) groups excluding carboxylic acids is 2. The van der Waals surface area contributed by atoms with Gasteiger partial charge < -0.3 is 20.1 Å². The highest BCUT2D eigenvalue weighted by molar-refractivity contribution is 5.89. The number of hydrogen-bond acceptors (Lipinski definition) is 6. The molecule has 0 radical (unpaired) electrons. The summed E-state index contributed by atoms with van der Waals surface area (Å²) in [5.74, 6) is -2.44. The van der Waals surface area contributed by atoms with Crippen LogP contribution in [0, 0.1) is 0 Å². The first-order valence-electron chi connectivity index (χ1n) is 5.31. The van der Waals surface area contributed by atoms with E-state index in [1.54, 1.807) is 30.3 Å². The van der Waals surface area contributed by atoms with Crippen LogP contribution >= 0.6 is 0 Å². The molecule has 0 aliphatic rings. The van der Waals surface area contributed by atoms with E-state index in [2.05, 4.69) is 4.74 Å². The van der Waals surface area contributed by atoms with Crippen molar-refractivity contribution in [2.24, 2.45) is 0 Å². The zero-order valence-electron chi connectivity index (χ0n) is 9.52. The summed E-state index contributed by atoms with van der Waals surface area (Å²) >= 11 is 0. The van der Waals surface area contributed by atoms with E-state index in [1.807, 2.05) is 0 Å². The van der Waals surface area contributed by atoms with Gasteiger partial charge >= 0.3 is 11.9 Å². The van der Waals surface area contributed by atoms with Gasteiger partial charge in [-0.1, -0.05) is 30.3 Å². The molecule has 2 unspecified atom stereocenters. The quantitative estimate of drug-likeness (QED) is 0.460. The Hall–Kier alpha value is -1.76. The molecule has 0 amide bonds. The molecular formula is C12H14O6. The Morgan fingerprint density at radius 1 is 1.06 bits per heavy atom. The molecule has 0 fully saturated rings. The lowest BCUT2D eigenvalue weighted by atomic mass is 10.1. The molecule has 18 heavy (non-hydrogen) atoms. The van der Waals surface area contributed by atoms with E-state index in [-0.39, 0.29) is 6.42 Å². The first-order valence-corrected chi connectivity index (χ1v) is 5.31. The zero-order chi connectivity index (χ0) is 13.5. The monoisotopic (exact) mass is 254 g/mol. The third-order valence-electron chi connectivity index (χ3n) is 2.19. The minimum absolute atomic E-state index is 0.00216. The smallest absolute Gasteiger partial charge is 0.345 e. The minimum atomic E-state index is -1.78. The van der Waals surface area contributed by atoms with Crippen molar-refractivity contribution in [3.05, 3.63) is 35.9 Å². The lowest BCUT2D eigenvalue weighted by Gasteiger charge is -2.11. The van der Waals surface area contributed by atoms with Gasteiger partial charge in [0.25, 0.3) is 0 Å². The highest BCUT2D eigenvalue weighted by Crippen LogP contribution is 2.04. The van der Waals surface area contributed by atoms with Crippen LogP contribution in [0.25, 0.3) is 0 Å². The Morgan fingerprint density at radius 2 is 1.61 bits per heavy atom. The van der Waals surface area contributed by atoms with Crippen LogP contribution in [0.3, 0.4) is 0 Å². The number of ether oxygens (including phenoxy) is 1. The number of hydrogen-bond donors (Lipinski definition) is 3. The van der Waals surface area contributed by atoms with E-state index >= 15 is 0 Å². The molecule has 6 nitrogen and oxygen atoms in total. The average molecular weight is 254 g/mol. The Bertz CT molecular complexity index is 402. The van der Waals surface area contributed by atoms with E-state index < -0.39 is 30.8 Å². The summed E-state index contributed by atoms with van der Waals surface area (Å²) in [5.41, 5.74) is 0.706. The van der Waals surface area contributed by atoms with Crippen molar-refractivity contribution in [2.75, 3.05) is 6.61 Å². The van der Waals surface area contributed by atoms with E-state index in [0.717, 1.165) is 0 Å². The maximum absolute atomic E-state index is 11.3. The zero-order valence-corrected chi connectivity index (χ0v) is 9.52. The highest BCUT2D eigenvalue weighted by Gasteiger charge is 2.24. The number of benzene rings is 1. The Balaban J connectivity index is 2.50. The van der Waals surface area contributed by atoms with Crippen LogP contribution in [0.1, 0.15) is 5.56 Å². The fourth-order valence-electron chi connectivity index (χ4n) is 1.23. The molecule has 1 rings (SSSR count).